The van der Waals surface area contributed by atoms with Crippen LogP contribution in [-0.4, -0.2) is 76.3 Å². The highest BCUT2D eigenvalue weighted by Crippen LogP contribution is 2.26. The van der Waals surface area contributed by atoms with E-state index in [1.165, 1.54) is 17.4 Å². The summed E-state index contributed by atoms with van der Waals surface area (Å²) in [6, 6.07) is 12.8. The molecule has 8 nitrogen and oxygen atoms in total. The maximum atomic E-state index is 12.8. The van der Waals surface area contributed by atoms with Gasteiger partial charge in [-0.15, -0.1) is 0 Å². The van der Waals surface area contributed by atoms with Crippen molar-refractivity contribution >= 4 is 33.4 Å². The van der Waals surface area contributed by atoms with Gasteiger partial charge in [-0.3, -0.25) is 9.79 Å². The molecule has 178 valence electrons. The lowest BCUT2D eigenvalue weighted by Gasteiger charge is -2.20. The van der Waals surface area contributed by atoms with Crippen LogP contribution in [-0.2, 0) is 26.1 Å². The normalized spacial score (nSPS) is 13.7. The smallest absolute Gasteiger partial charge is 0.248 e. The number of halogens is 1. The molecule has 33 heavy (non-hydrogen) atoms. The van der Waals surface area contributed by atoms with Gasteiger partial charge in [0.2, 0.25) is 15.9 Å². The first kappa shape index (κ1) is 25.2. The molecule has 2 aromatic rings. The first-order valence-electron chi connectivity index (χ1n) is 10.6. The van der Waals surface area contributed by atoms with Crippen molar-refractivity contribution in [1.82, 2.24) is 14.5 Å². The molecule has 0 bridgehead atoms. The minimum absolute atomic E-state index is 0.0595. The SMILES string of the molecule is Cc1cccc(S(=O)(=O)N(C)CCOCC(=O)N(C)Cc2ccc(C3=NCCN3)cc2)c1Cl. The van der Waals surface area contributed by atoms with Gasteiger partial charge >= 0.3 is 0 Å². The van der Waals surface area contributed by atoms with Gasteiger partial charge in [0.05, 0.1) is 18.2 Å². The van der Waals surface area contributed by atoms with Crippen LogP contribution in [0.4, 0.5) is 0 Å². The van der Waals surface area contributed by atoms with Gasteiger partial charge in [-0.2, -0.15) is 4.31 Å². The third-order valence-corrected chi connectivity index (χ3v) is 7.88. The lowest BCUT2D eigenvalue weighted by Crippen LogP contribution is -2.33. The average Bonchev–Trinajstić information content (AvgIpc) is 3.33. The number of hydrogen-bond donors (Lipinski definition) is 1. The van der Waals surface area contributed by atoms with Crippen molar-refractivity contribution in [2.75, 3.05) is 46.9 Å². The van der Waals surface area contributed by atoms with Crippen LogP contribution in [0.1, 0.15) is 16.7 Å². The number of rotatable bonds is 10. The van der Waals surface area contributed by atoms with E-state index in [2.05, 4.69) is 10.3 Å². The monoisotopic (exact) mass is 492 g/mol. The highest BCUT2D eigenvalue weighted by atomic mass is 35.5. The Kier molecular flexibility index (Phi) is 8.47. The van der Waals surface area contributed by atoms with Crippen LogP contribution in [0.5, 0.6) is 0 Å². The van der Waals surface area contributed by atoms with Crippen molar-refractivity contribution in [1.29, 1.82) is 0 Å². The first-order chi connectivity index (χ1) is 15.7. The Balaban J connectivity index is 1.44. The molecule has 1 heterocycles. The number of hydrogen-bond acceptors (Lipinski definition) is 6. The average molecular weight is 493 g/mol. The number of carbonyl (C=O) groups excluding carboxylic acids is 1. The number of amides is 1. The molecule has 0 saturated carbocycles. The van der Waals surface area contributed by atoms with Crippen LogP contribution >= 0.6 is 11.6 Å². The van der Waals surface area contributed by atoms with Gasteiger partial charge in [0.1, 0.15) is 17.3 Å². The van der Waals surface area contributed by atoms with Crippen LogP contribution in [0.2, 0.25) is 5.02 Å². The number of aliphatic imine (C=N–C) groups is 1. The van der Waals surface area contributed by atoms with Gasteiger partial charge in [0, 0.05) is 39.3 Å². The van der Waals surface area contributed by atoms with Gasteiger partial charge in [-0.1, -0.05) is 48.0 Å². The Morgan fingerprint density at radius 1 is 1.18 bits per heavy atom. The van der Waals surface area contributed by atoms with Crippen LogP contribution in [0.25, 0.3) is 0 Å². The second kappa shape index (κ2) is 11.1. The van der Waals surface area contributed by atoms with Crippen LogP contribution < -0.4 is 5.32 Å². The number of aryl methyl sites for hydroxylation is 1. The summed E-state index contributed by atoms with van der Waals surface area (Å²) in [5.74, 6) is 0.712. The van der Waals surface area contributed by atoms with Gasteiger partial charge in [0.15, 0.2) is 0 Å². The standard InChI is InChI=1S/C23H29ClN4O4S/c1-17-5-4-6-20(22(17)24)33(30,31)28(3)13-14-32-16-21(29)27(2)15-18-7-9-19(10-8-18)23-25-11-12-26-23/h4-10H,11-16H2,1-3H3,(H,25,26). The summed E-state index contributed by atoms with van der Waals surface area (Å²) in [5.41, 5.74) is 2.71. The Labute approximate surface area is 200 Å². The molecule has 0 unspecified atom stereocenters. The van der Waals surface area contributed by atoms with Crippen molar-refractivity contribution in [3.05, 3.63) is 64.2 Å². The lowest BCUT2D eigenvalue weighted by atomic mass is 10.1. The lowest BCUT2D eigenvalue weighted by molar-refractivity contribution is -0.135. The molecule has 1 aliphatic rings. The molecule has 0 fully saturated rings. The number of benzene rings is 2. The third-order valence-electron chi connectivity index (χ3n) is 5.37. The molecule has 0 atom stereocenters. The zero-order valence-corrected chi connectivity index (χ0v) is 20.6. The van der Waals surface area contributed by atoms with Crippen LogP contribution in [0.3, 0.4) is 0 Å². The minimum Gasteiger partial charge on any atom is -0.370 e. The fraction of sp³-hybridized carbons (Fsp3) is 0.391. The predicted octanol–water partition coefficient (Wildman–Crippen LogP) is 2.29. The molecular weight excluding hydrogens is 464 g/mol. The molecule has 0 aromatic heterocycles. The molecular formula is C23H29ClN4O4S. The summed E-state index contributed by atoms with van der Waals surface area (Å²) in [6.07, 6.45) is 0. The Bertz CT molecular complexity index is 1120. The molecule has 0 radical (unpaired) electrons. The highest BCUT2D eigenvalue weighted by molar-refractivity contribution is 7.89. The number of ether oxygens (including phenoxy) is 1. The zero-order chi connectivity index (χ0) is 24.0. The van der Waals surface area contributed by atoms with E-state index in [0.29, 0.717) is 12.1 Å². The van der Waals surface area contributed by atoms with Crippen molar-refractivity contribution in [2.24, 2.45) is 4.99 Å². The van der Waals surface area contributed by atoms with E-state index in [4.69, 9.17) is 16.3 Å². The summed E-state index contributed by atoms with van der Waals surface area (Å²) in [6.45, 7) is 3.90. The Morgan fingerprint density at radius 2 is 1.91 bits per heavy atom. The topological polar surface area (TPSA) is 91.3 Å². The molecule has 3 rings (SSSR count). The second-order valence-corrected chi connectivity index (χ2v) is 10.3. The fourth-order valence-electron chi connectivity index (χ4n) is 3.29. The van der Waals surface area contributed by atoms with Crippen molar-refractivity contribution < 1.29 is 17.9 Å². The molecule has 10 heteroatoms. The van der Waals surface area contributed by atoms with E-state index in [1.807, 2.05) is 24.3 Å². The first-order valence-corrected chi connectivity index (χ1v) is 12.4. The van der Waals surface area contributed by atoms with Crippen LogP contribution in [0.15, 0.2) is 52.4 Å². The Hall–Kier alpha value is -2.46. The van der Waals surface area contributed by atoms with E-state index in [0.717, 1.165) is 30.1 Å². The molecule has 0 aliphatic carbocycles. The summed E-state index contributed by atoms with van der Waals surface area (Å²) in [4.78, 5) is 18.4. The predicted molar refractivity (Wildman–Crippen MR) is 129 cm³/mol. The molecule has 1 amide bonds. The molecule has 0 saturated heterocycles. The number of nitrogens with zero attached hydrogens (tertiary/aromatic N) is 3. The van der Waals surface area contributed by atoms with Gasteiger partial charge < -0.3 is 15.0 Å². The van der Waals surface area contributed by atoms with Crippen LogP contribution in [0, 0.1) is 6.92 Å². The maximum absolute atomic E-state index is 12.8. The zero-order valence-electron chi connectivity index (χ0n) is 19.0. The number of amidine groups is 1. The van der Waals surface area contributed by atoms with Crippen molar-refractivity contribution in [3.8, 4) is 0 Å². The third kappa shape index (κ3) is 6.32. The number of sulfonamides is 1. The molecule has 1 N–H and O–H groups in total. The van der Waals surface area contributed by atoms with E-state index in [-0.39, 0.29) is 35.6 Å². The van der Waals surface area contributed by atoms with E-state index >= 15 is 0 Å². The summed E-state index contributed by atoms with van der Waals surface area (Å²) in [5, 5.41) is 3.44. The largest absolute Gasteiger partial charge is 0.370 e. The van der Waals surface area contributed by atoms with Gasteiger partial charge in [-0.05, 0) is 24.1 Å². The highest BCUT2D eigenvalue weighted by Gasteiger charge is 2.24. The number of carbonyl (C=O) groups is 1. The Morgan fingerprint density at radius 3 is 2.58 bits per heavy atom. The fourth-order valence-corrected chi connectivity index (χ4v) is 5.00. The minimum atomic E-state index is -3.75. The molecule has 0 spiro atoms. The molecule has 1 aliphatic heterocycles. The number of likely N-dealkylation sites (N-methyl/N-ethyl adjacent to an activating group) is 2. The van der Waals surface area contributed by atoms with Gasteiger partial charge in [-0.25, -0.2) is 8.42 Å². The van der Waals surface area contributed by atoms with E-state index in [9.17, 15) is 13.2 Å². The summed E-state index contributed by atoms with van der Waals surface area (Å²) >= 11 is 6.17. The van der Waals surface area contributed by atoms with Gasteiger partial charge in [0.25, 0.3) is 0 Å². The second-order valence-electron chi connectivity index (χ2n) is 7.87. The summed E-state index contributed by atoms with van der Waals surface area (Å²) in [7, 11) is -0.580. The van der Waals surface area contributed by atoms with E-state index in [1.54, 1.807) is 31.0 Å². The van der Waals surface area contributed by atoms with Crippen molar-refractivity contribution in [3.63, 3.8) is 0 Å². The maximum Gasteiger partial charge on any atom is 0.248 e. The number of nitrogens with one attached hydrogen (secondary N) is 1. The quantitative estimate of drug-likeness (QED) is 0.514. The molecule has 2 aromatic carbocycles. The van der Waals surface area contributed by atoms with E-state index < -0.39 is 10.0 Å². The summed E-state index contributed by atoms with van der Waals surface area (Å²) < 4.78 is 32.1. The van der Waals surface area contributed by atoms with Crippen molar-refractivity contribution in [2.45, 2.75) is 18.4 Å².